The minimum absolute atomic E-state index is 0.225. The Morgan fingerprint density at radius 2 is 2.31 bits per heavy atom. The molecular weight excluding hydrogens is 212 g/mol. The van der Waals surface area contributed by atoms with Gasteiger partial charge in [0.25, 0.3) is 0 Å². The molecule has 0 aromatic carbocycles. The summed E-state index contributed by atoms with van der Waals surface area (Å²) in [4.78, 5) is 12.8. The molecule has 0 amide bonds. The third-order valence-corrected chi connectivity index (χ3v) is 1.95. The van der Waals surface area contributed by atoms with Crippen LogP contribution in [0.3, 0.4) is 0 Å². The van der Waals surface area contributed by atoms with Gasteiger partial charge in [0.2, 0.25) is 0 Å². The van der Waals surface area contributed by atoms with Crippen LogP contribution >= 0.6 is 0 Å². The van der Waals surface area contributed by atoms with E-state index in [2.05, 4.69) is 9.89 Å². The van der Waals surface area contributed by atoms with Gasteiger partial charge >= 0.3 is 5.97 Å². The highest BCUT2D eigenvalue weighted by Crippen LogP contribution is 2.06. The Morgan fingerprint density at radius 1 is 1.56 bits per heavy atom. The highest BCUT2D eigenvalue weighted by molar-refractivity contribution is 5.71. The summed E-state index contributed by atoms with van der Waals surface area (Å²) in [6, 6.07) is 1.80. The van der Waals surface area contributed by atoms with E-state index in [1.165, 1.54) is 7.11 Å². The molecule has 0 aliphatic heterocycles. The maximum absolute atomic E-state index is 11.0. The van der Waals surface area contributed by atoms with Crippen molar-refractivity contribution >= 4 is 5.97 Å². The lowest BCUT2D eigenvalue weighted by atomic mass is 10.3. The Labute approximate surface area is 94.1 Å². The molecule has 0 atom stereocenters. The van der Waals surface area contributed by atoms with Crippen molar-refractivity contribution in [3.05, 3.63) is 17.5 Å². The zero-order valence-electron chi connectivity index (χ0n) is 9.73. The predicted octanol–water partition coefficient (Wildman–Crippen LogP) is 0.426. The average Bonchev–Trinajstić information content (AvgIpc) is 2.65. The second-order valence-electron chi connectivity index (χ2n) is 3.47. The fraction of sp³-hybridized carbons (Fsp3) is 0.600. The molecule has 0 aliphatic rings. The number of likely N-dealkylation sites (N-methyl/N-ethyl adjacent to an activating group) is 1. The van der Waals surface area contributed by atoms with E-state index in [1.807, 2.05) is 7.05 Å². The molecule has 0 saturated carbocycles. The molecule has 0 unspecified atom stereocenters. The van der Waals surface area contributed by atoms with Gasteiger partial charge < -0.3 is 14.0 Å². The van der Waals surface area contributed by atoms with Crippen LogP contribution in [0.2, 0.25) is 0 Å². The van der Waals surface area contributed by atoms with Crippen molar-refractivity contribution in [3.8, 4) is 0 Å². The Balaban J connectivity index is 2.43. The normalized spacial score (nSPS) is 10.8. The van der Waals surface area contributed by atoms with E-state index in [1.54, 1.807) is 18.1 Å². The Kier molecular flexibility index (Phi) is 4.94. The monoisotopic (exact) mass is 228 g/mol. The molecule has 1 heterocycles. The molecule has 1 aromatic heterocycles. The molecule has 16 heavy (non-hydrogen) atoms. The van der Waals surface area contributed by atoms with Crippen molar-refractivity contribution < 1.29 is 18.8 Å². The summed E-state index contributed by atoms with van der Waals surface area (Å²) in [5, 5.41) is 3.86. The van der Waals surface area contributed by atoms with Crippen LogP contribution in [-0.2, 0) is 27.4 Å². The Hall–Kier alpha value is -1.40. The summed E-state index contributed by atoms with van der Waals surface area (Å²) in [5.74, 6) is 0.395. The molecule has 1 rings (SSSR count). The van der Waals surface area contributed by atoms with E-state index in [0.29, 0.717) is 18.9 Å². The van der Waals surface area contributed by atoms with Gasteiger partial charge in [0, 0.05) is 19.7 Å². The fourth-order valence-electron chi connectivity index (χ4n) is 1.26. The number of carbonyl (C=O) groups is 1. The van der Waals surface area contributed by atoms with Crippen molar-refractivity contribution in [3.63, 3.8) is 0 Å². The van der Waals surface area contributed by atoms with Crippen molar-refractivity contribution in [1.29, 1.82) is 0 Å². The van der Waals surface area contributed by atoms with Crippen LogP contribution in [0, 0.1) is 0 Å². The topological polar surface area (TPSA) is 64.8 Å². The van der Waals surface area contributed by atoms with Crippen molar-refractivity contribution in [2.45, 2.75) is 13.2 Å². The maximum atomic E-state index is 11.0. The predicted molar refractivity (Wildman–Crippen MR) is 55.6 cm³/mol. The lowest BCUT2D eigenvalue weighted by Crippen LogP contribution is -2.26. The first-order chi connectivity index (χ1) is 7.65. The third-order valence-electron chi connectivity index (χ3n) is 1.95. The first-order valence-corrected chi connectivity index (χ1v) is 4.84. The van der Waals surface area contributed by atoms with Gasteiger partial charge in [-0.1, -0.05) is 5.16 Å². The van der Waals surface area contributed by atoms with Crippen LogP contribution in [0.1, 0.15) is 11.5 Å². The summed E-state index contributed by atoms with van der Waals surface area (Å²) in [7, 11) is 4.76. The van der Waals surface area contributed by atoms with Crippen LogP contribution < -0.4 is 0 Å². The van der Waals surface area contributed by atoms with Gasteiger partial charge in [0.1, 0.15) is 6.61 Å². The molecule has 0 radical (unpaired) electrons. The highest BCUT2D eigenvalue weighted by Gasteiger charge is 2.10. The van der Waals surface area contributed by atoms with Crippen molar-refractivity contribution in [2.24, 2.45) is 0 Å². The number of hydrogen-bond donors (Lipinski definition) is 0. The molecule has 0 spiro atoms. The number of hydrogen-bond acceptors (Lipinski definition) is 6. The number of esters is 1. The largest absolute Gasteiger partial charge is 0.468 e. The SMILES string of the molecule is COCc1cc(CN(C)CC(=O)OC)no1. The summed E-state index contributed by atoms with van der Waals surface area (Å²) in [6.45, 7) is 1.15. The molecular formula is C10H16N2O4. The number of rotatable bonds is 6. The smallest absolute Gasteiger partial charge is 0.319 e. The van der Waals surface area contributed by atoms with E-state index in [4.69, 9.17) is 9.26 Å². The molecule has 0 N–H and O–H groups in total. The molecule has 0 saturated heterocycles. The molecule has 1 aromatic rings. The van der Waals surface area contributed by atoms with E-state index in [-0.39, 0.29) is 12.5 Å². The first kappa shape index (κ1) is 12.7. The second kappa shape index (κ2) is 6.24. The summed E-state index contributed by atoms with van der Waals surface area (Å²) < 4.78 is 14.5. The molecule has 0 bridgehead atoms. The Morgan fingerprint density at radius 3 is 2.94 bits per heavy atom. The van der Waals surface area contributed by atoms with Gasteiger partial charge in [-0.2, -0.15) is 0 Å². The van der Waals surface area contributed by atoms with E-state index >= 15 is 0 Å². The molecule has 6 heteroatoms. The Bertz CT molecular complexity index is 337. The lowest BCUT2D eigenvalue weighted by Gasteiger charge is -2.12. The fourth-order valence-corrected chi connectivity index (χ4v) is 1.26. The number of methoxy groups -OCH3 is 2. The van der Waals surface area contributed by atoms with Crippen LogP contribution in [0.25, 0.3) is 0 Å². The summed E-state index contributed by atoms with van der Waals surface area (Å²) >= 11 is 0. The number of carbonyl (C=O) groups excluding carboxylic acids is 1. The third kappa shape index (κ3) is 4.00. The molecule has 0 fully saturated rings. The maximum Gasteiger partial charge on any atom is 0.319 e. The molecule has 6 nitrogen and oxygen atoms in total. The van der Waals surface area contributed by atoms with E-state index in [0.717, 1.165) is 5.69 Å². The quantitative estimate of drug-likeness (QED) is 0.658. The zero-order valence-corrected chi connectivity index (χ0v) is 9.73. The number of aromatic nitrogens is 1. The zero-order chi connectivity index (χ0) is 12.0. The first-order valence-electron chi connectivity index (χ1n) is 4.84. The van der Waals surface area contributed by atoms with Gasteiger partial charge in [0.05, 0.1) is 19.3 Å². The minimum Gasteiger partial charge on any atom is -0.468 e. The van der Waals surface area contributed by atoms with Gasteiger partial charge in [0.15, 0.2) is 5.76 Å². The minimum atomic E-state index is -0.275. The van der Waals surface area contributed by atoms with Gasteiger partial charge in [-0.05, 0) is 7.05 Å². The molecule has 90 valence electrons. The second-order valence-corrected chi connectivity index (χ2v) is 3.47. The van der Waals surface area contributed by atoms with Crippen LogP contribution in [0.5, 0.6) is 0 Å². The highest BCUT2D eigenvalue weighted by atomic mass is 16.5. The average molecular weight is 228 g/mol. The standard InChI is InChI=1S/C10H16N2O4/c1-12(6-10(13)15-3)5-8-4-9(7-14-2)16-11-8/h4H,5-7H2,1-3H3. The van der Waals surface area contributed by atoms with Crippen LogP contribution in [0.15, 0.2) is 10.6 Å². The van der Waals surface area contributed by atoms with Crippen molar-refractivity contribution in [2.75, 3.05) is 27.8 Å². The summed E-state index contributed by atoms with van der Waals surface area (Å²) in [5.41, 5.74) is 0.762. The number of nitrogens with zero attached hydrogens (tertiary/aromatic N) is 2. The van der Waals surface area contributed by atoms with Gasteiger partial charge in [-0.3, -0.25) is 9.69 Å². The summed E-state index contributed by atoms with van der Waals surface area (Å²) in [6.07, 6.45) is 0. The van der Waals surface area contributed by atoms with E-state index in [9.17, 15) is 4.79 Å². The molecule has 0 aliphatic carbocycles. The van der Waals surface area contributed by atoms with Gasteiger partial charge in [-0.15, -0.1) is 0 Å². The van der Waals surface area contributed by atoms with E-state index < -0.39 is 0 Å². The number of ether oxygens (including phenoxy) is 2. The van der Waals surface area contributed by atoms with Crippen LogP contribution in [-0.4, -0.2) is 43.8 Å². The van der Waals surface area contributed by atoms with Gasteiger partial charge in [-0.25, -0.2) is 0 Å². The lowest BCUT2D eigenvalue weighted by molar-refractivity contribution is -0.141. The van der Waals surface area contributed by atoms with Crippen LogP contribution in [0.4, 0.5) is 0 Å². The van der Waals surface area contributed by atoms with Crippen molar-refractivity contribution in [1.82, 2.24) is 10.1 Å².